The Morgan fingerprint density at radius 2 is 2.32 bits per heavy atom. The predicted molar refractivity (Wildman–Crippen MR) is 74.0 cm³/mol. The van der Waals surface area contributed by atoms with Crippen molar-refractivity contribution in [3.05, 3.63) is 12.0 Å². The highest BCUT2D eigenvalue weighted by Gasteiger charge is 2.26. The summed E-state index contributed by atoms with van der Waals surface area (Å²) in [4.78, 5) is 4.17. The van der Waals surface area contributed by atoms with Crippen molar-refractivity contribution in [2.75, 3.05) is 13.1 Å². The molecule has 2 aliphatic heterocycles. The third-order valence-electron chi connectivity index (χ3n) is 3.64. The number of sulfonamides is 1. The normalized spacial score (nSPS) is 22.2. The Balaban J connectivity index is 0.00000133. The molecule has 6 nitrogen and oxygen atoms in total. The number of halogens is 1. The van der Waals surface area contributed by atoms with Gasteiger partial charge in [0.1, 0.15) is 5.82 Å². The molecule has 1 fully saturated rings. The van der Waals surface area contributed by atoms with E-state index in [1.54, 1.807) is 0 Å². The zero-order valence-corrected chi connectivity index (χ0v) is 12.3. The Labute approximate surface area is 119 Å². The second-order valence-electron chi connectivity index (χ2n) is 4.91. The Bertz CT molecular complexity index is 537. The van der Waals surface area contributed by atoms with Crippen LogP contribution in [0.4, 0.5) is 0 Å². The molecule has 19 heavy (non-hydrogen) atoms. The monoisotopic (exact) mass is 306 g/mol. The summed E-state index contributed by atoms with van der Waals surface area (Å²) in [5.74, 6) is 0.884. The van der Waals surface area contributed by atoms with Crippen LogP contribution in [0.3, 0.4) is 0 Å². The number of fused-ring (bicyclic) bond motifs is 1. The number of imidazole rings is 1. The predicted octanol–water partition coefficient (Wildman–Crippen LogP) is 0.281. The molecule has 0 amide bonds. The van der Waals surface area contributed by atoms with Crippen molar-refractivity contribution in [2.24, 2.45) is 0 Å². The number of hydrogen-bond acceptors (Lipinski definition) is 4. The fraction of sp³-hybridized carbons (Fsp3) is 0.727. The zero-order valence-electron chi connectivity index (χ0n) is 10.6. The third-order valence-corrected chi connectivity index (χ3v) is 5.06. The van der Waals surface area contributed by atoms with E-state index in [0.717, 1.165) is 44.6 Å². The van der Waals surface area contributed by atoms with E-state index in [-0.39, 0.29) is 18.4 Å². The molecule has 0 bridgehead atoms. The Morgan fingerprint density at radius 1 is 1.47 bits per heavy atom. The summed E-state index contributed by atoms with van der Waals surface area (Å²) in [6, 6.07) is 0.265. The molecule has 3 rings (SSSR count). The second kappa shape index (κ2) is 5.78. The van der Waals surface area contributed by atoms with Crippen molar-refractivity contribution in [1.82, 2.24) is 19.6 Å². The van der Waals surface area contributed by atoms with Crippen LogP contribution in [-0.2, 0) is 23.0 Å². The van der Waals surface area contributed by atoms with Gasteiger partial charge in [0.05, 0.1) is 6.20 Å². The van der Waals surface area contributed by atoms with Crippen LogP contribution in [-0.4, -0.2) is 37.1 Å². The van der Waals surface area contributed by atoms with Crippen LogP contribution in [0.5, 0.6) is 0 Å². The molecule has 108 valence electrons. The maximum atomic E-state index is 12.2. The third kappa shape index (κ3) is 2.94. The molecule has 1 atom stereocenters. The smallest absolute Gasteiger partial charge is 0.257 e. The van der Waals surface area contributed by atoms with E-state index in [1.165, 1.54) is 6.20 Å². The molecule has 0 aliphatic carbocycles. The summed E-state index contributed by atoms with van der Waals surface area (Å²) in [6.07, 6.45) is 5.48. The first kappa shape index (κ1) is 14.8. The molecule has 1 aromatic rings. The molecule has 2 N–H and O–H groups in total. The van der Waals surface area contributed by atoms with Crippen LogP contribution in [0.2, 0.25) is 0 Å². The lowest BCUT2D eigenvalue weighted by Gasteiger charge is -2.12. The number of hydrogen-bond donors (Lipinski definition) is 2. The van der Waals surface area contributed by atoms with Crippen molar-refractivity contribution in [2.45, 2.75) is 43.3 Å². The minimum atomic E-state index is -3.42. The average Bonchev–Trinajstić information content (AvgIpc) is 3.03. The first-order valence-corrected chi connectivity index (χ1v) is 7.92. The van der Waals surface area contributed by atoms with E-state index in [9.17, 15) is 8.42 Å². The standard InChI is InChI=1S/C11H18N4O2S.ClH/c16-18(17,14-7-9-3-1-5-12-9)11-8-13-10-4-2-6-15(10)11;/h8-9,12,14H,1-7H2;1H. The highest BCUT2D eigenvalue weighted by Crippen LogP contribution is 2.19. The molecule has 1 unspecified atom stereocenters. The molecule has 8 heteroatoms. The van der Waals surface area contributed by atoms with Gasteiger partial charge in [-0.25, -0.2) is 18.1 Å². The van der Waals surface area contributed by atoms with Crippen LogP contribution < -0.4 is 10.0 Å². The molecule has 2 aliphatic rings. The van der Waals surface area contributed by atoms with E-state index in [1.807, 2.05) is 4.57 Å². The average molecular weight is 307 g/mol. The highest BCUT2D eigenvalue weighted by atomic mass is 35.5. The molecule has 0 aromatic carbocycles. The maximum absolute atomic E-state index is 12.2. The van der Waals surface area contributed by atoms with Gasteiger partial charge < -0.3 is 9.88 Å². The van der Waals surface area contributed by atoms with E-state index in [4.69, 9.17) is 0 Å². The van der Waals surface area contributed by atoms with E-state index >= 15 is 0 Å². The van der Waals surface area contributed by atoms with Gasteiger partial charge in [0, 0.05) is 25.6 Å². The summed E-state index contributed by atoms with van der Waals surface area (Å²) in [5.41, 5.74) is 0. The van der Waals surface area contributed by atoms with Gasteiger partial charge in [-0.05, 0) is 25.8 Å². The van der Waals surface area contributed by atoms with Crippen LogP contribution in [0, 0.1) is 0 Å². The number of aromatic nitrogens is 2. The Morgan fingerprint density at radius 3 is 3.05 bits per heavy atom. The highest BCUT2D eigenvalue weighted by molar-refractivity contribution is 7.89. The summed E-state index contributed by atoms with van der Waals surface area (Å²) in [6.45, 7) is 2.20. The molecular formula is C11H19ClN4O2S. The van der Waals surface area contributed by atoms with Crippen LogP contribution in [0.15, 0.2) is 11.2 Å². The zero-order chi connectivity index (χ0) is 12.6. The van der Waals surface area contributed by atoms with Gasteiger partial charge in [0.15, 0.2) is 5.03 Å². The van der Waals surface area contributed by atoms with Crippen molar-refractivity contribution in [1.29, 1.82) is 0 Å². The SMILES string of the molecule is Cl.O=S(=O)(NCC1CCCN1)c1cnc2n1CCC2. The van der Waals surface area contributed by atoms with Crippen molar-refractivity contribution in [3.8, 4) is 0 Å². The first-order valence-electron chi connectivity index (χ1n) is 6.44. The Kier molecular flexibility index (Phi) is 4.50. The number of nitrogens with one attached hydrogen (secondary N) is 2. The van der Waals surface area contributed by atoms with Gasteiger partial charge >= 0.3 is 0 Å². The van der Waals surface area contributed by atoms with Gasteiger partial charge in [-0.2, -0.15) is 0 Å². The quantitative estimate of drug-likeness (QED) is 0.838. The second-order valence-corrected chi connectivity index (χ2v) is 6.63. The van der Waals surface area contributed by atoms with Crippen molar-refractivity contribution >= 4 is 22.4 Å². The summed E-state index contributed by atoms with van der Waals surface area (Å²) in [5, 5.41) is 3.59. The van der Waals surface area contributed by atoms with Crippen molar-refractivity contribution in [3.63, 3.8) is 0 Å². The van der Waals surface area contributed by atoms with Crippen LogP contribution >= 0.6 is 12.4 Å². The van der Waals surface area contributed by atoms with Gasteiger partial charge in [0.25, 0.3) is 10.0 Å². The largest absolute Gasteiger partial charge is 0.318 e. The fourth-order valence-corrected chi connectivity index (χ4v) is 3.91. The summed E-state index contributed by atoms with van der Waals surface area (Å²) >= 11 is 0. The lowest BCUT2D eigenvalue weighted by atomic mass is 10.2. The first-order chi connectivity index (χ1) is 8.67. The minimum Gasteiger partial charge on any atom is -0.318 e. The number of rotatable bonds is 4. The summed E-state index contributed by atoms with van der Waals surface area (Å²) < 4.78 is 28.9. The molecular weight excluding hydrogens is 288 g/mol. The van der Waals surface area contributed by atoms with Gasteiger partial charge in [-0.1, -0.05) is 0 Å². The molecule has 1 saturated heterocycles. The number of aryl methyl sites for hydroxylation is 1. The fourth-order valence-electron chi connectivity index (χ4n) is 2.66. The molecule has 0 saturated carbocycles. The molecule has 0 radical (unpaired) electrons. The van der Waals surface area contributed by atoms with E-state index in [0.29, 0.717) is 11.6 Å². The molecule has 3 heterocycles. The Hall–Kier alpha value is -0.630. The van der Waals surface area contributed by atoms with Gasteiger partial charge in [0.2, 0.25) is 0 Å². The van der Waals surface area contributed by atoms with Crippen LogP contribution in [0.1, 0.15) is 25.1 Å². The van der Waals surface area contributed by atoms with Gasteiger partial charge in [-0.3, -0.25) is 0 Å². The van der Waals surface area contributed by atoms with Gasteiger partial charge in [-0.15, -0.1) is 12.4 Å². The van der Waals surface area contributed by atoms with E-state index in [2.05, 4.69) is 15.0 Å². The van der Waals surface area contributed by atoms with Crippen molar-refractivity contribution < 1.29 is 8.42 Å². The lowest BCUT2D eigenvalue weighted by molar-refractivity contribution is 0.541. The van der Waals surface area contributed by atoms with Crippen LogP contribution in [0.25, 0.3) is 0 Å². The van der Waals surface area contributed by atoms with E-state index < -0.39 is 10.0 Å². The molecule has 1 aromatic heterocycles. The number of nitrogens with zero attached hydrogens (tertiary/aromatic N) is 2. The molecule has 0 spiro atoms. The minimum absolute atomic E-state index is 0. The topological polar surface area (TPSA) is 76.0 Å². The maximum Gasteiger partial charge on any atom is 0.257 e. The summed E-state index contributed by atoms with van der Waals surface area (Å²) in [7, 11) is -3.42. The lowest BCUT2D eigenvalue weighted by Crippen LogP contribution is -2.37.